The minimum absolute atomic E-state index is 0.491. The molecular weight excluding hydrogens is 248 g/mol. The molecule has 2 rings (SSSR count). The molecule has 2 fully saturated rings. The van der Waals surface area contributed by atoms with Gasteiger partial charge in [-0.3, -0.25) is 0 Å². The van der Waals surface area contributed by atoms with Gasteiger partial charge >= 0.3 is 0 Å². The first-order valence-corrected chi connectivity index (χ1v) is 8.34. The third kappa shape index (κ3) is 2.73. The molecule has 2 unspecified atom stereocenters. The number of piperidine rings is 1. The molecule has 1 aliphatic heterocycles. The third-order valence-corrected chi connectivity index (χ3v) is 5.89. The zero-order valence-electron chi connectivity index (χ0n) is 13.4. The van der Waals surface area contributed by atoms with Crippen LogP contribution < -0.4 is 0 Å². The van der Waals surface area contributed by atoms with E-state index < -0.39 is 11.0 Å². The highest BCUT2D eigenvalue weighted by Gasteiger charge is 2.53. The summed E-state index contributed by atoms with van der Waals surface area (Å²) in [6.07, 6.45) is 6.77. The fourth-order valence-corrected chi connectivity index (χ4v) is 4.26. The van der Waals surface area contributed by atoms with Gasteiger partial charge in [0.2, 0.25) is 0 Å². The maximum absolute atomic E-state index is 11.2. The van der Waals surface area contributed by atoms with Crippen LogP contribution in [0.1, 0.15) is 65.7 Å². The van der Waals surface area contributed by atoms with Crippen LogP contribution >= 0.6 is 0 Å². The Morgan fingerprint density at radius 1 is 1.30 bits per heavy atom. The number of aliphatic hydroxyl groups is 1. The summed E-state index contributed by atoms with van der Waals surface area (Å²) in [7, 11) is 0. The topological polar surface area (TPSA) is 47.3 Å². The van der Waals surface area contributed by atoms with Crippen LogP contribution in [0.4, 0.5) is 0 Å². The van der Waals surface area contributed by atoms with Crippen LogP contribution in [0.25, 0.3) is 0 Å². The number of hydrogen-bond acceptors (Lipinski definition) is 3. The van der Waals surface area contributed by atoms with Gasteiger partial charge in [-0.2, -0.15) is 5.26 Å². The van der Waals surface area contributed by atoms with E-state index in [1.54, 1.807) is 0 Å². The number of nitriles is 1. The summed E-state index contributed by atoms with van der Waals surface area (Å²) < 4.78 is 0. The summed E-state index contributed by atoms with van der Waals surface area (Å²) in [4.78, 5) is 2.42. The first-order chi connectivity index (χ1) is 9.46. The monoisotopic (exact) mass is 278 g/mol. The molecule has 2 aliphatic rings. The van der Waals surface area contributed by atoms with Crippen LogP contribution in [0, 0.1) is 22.7 Å². The van der Waals surface area contributed by atoms with E-state index in [2.05, 4.69) is 31.7 Å². The third-order valence-electron chi connectivity index (χ3n) is 5.89. The molecule has 1 N–H and O–H groups in total. The SMILES string of the molecule is CCC1CCCC(C#N)(C2(O)CCN(C(C)C)CC2)C1. The average Bonchev–Trinajstić information content (AvgIpc) is 2.47. The number of nitrogens with zero attached hydrogens (tertiary/aromatic N) is 2. The van der Waals surface area contributed by atoms with Gasteiger partial charge in [0.15, 0.2) is 0 Å². The van der Waals surface area contributed by atoms with Crippen LogP contribution in [0.3, 0.4) is 0 Å². The van der Waals surface area contributed by atoms with Gasteiger partial charge in [-0.25, -0.2) is 0 Å². The number of rotatable bonds is 3. The Bertz CT molecular complexity index is 366. The Morgan fingerprint density at radius 3 is 2.45 bits per heavy atom. The van der Waals surface area contributed by atoms with Gasteiger partial charge in [-0.15, -0.1) is 0 Å². The Hall–Kier alpha value is -0.590. The Balaban J connectivity index is 2.13. The van der Waals surface area contributed by atoms with E-state index in [9.17, 15) is 10.4 Å². The van der Waals surface area contributed by atoms with E-state index in [0.29, 0.717) is 12.0 Å². The molecule has 0 spiro atoms. The van der Waals surface area contributed by atoms with Crippen molar-refractivity contribution in [1.82, 2.24) is 4.90 Å². The fraction of sp³-hybridized carbons (Fsp3) is 0.941. The molecule has 1 heterocycles. The smallest absolute Gasteiger partial charge is 0.0863 e. The van der Waals surface area contributed by atoms with E-state index in [1.807, 2.05) is 0 Å². The van der Waals surface area contributed by atoms with Crippen LogP contribution in [-0.4, -0.2) is 34.7 Å². The molecule has 0 radical (unpaired) electrons. The second kappa shape index (κ2) is 6.03. The lowest BCUT2D eigenvalue weighted by Gasteiger charge is -2.51. The minimum Gasteiger partial charge on any atom is -0.388 e. The fourth-order valence-electron chi connectivity index (χ4n) is 4.26. The summed E-state index contributed by atoms with van der Waals surface area (Å²) in [5.74, 6) is 0.621. The first-order valence-electron chi connectivity index (χ1n) is 8.34. The van der Waals surface area contributed by atoms with Gasteiger partial charge in [0.1, 0.15) is 0 Å². The van der Waals surface area contributed by atoms with Crippen LogP contribution in [-0.2, 0) is 0 Å². The summed E-state index contributed by atoms with van der Waals surface area (Å²) in [5.41, 5.74) is -1.25. The van der Waals surface area contributed by atoms with Crippen molar-refractivity contribution in [2.75, 3.05) is 13.1 Å². The predicted octanol–water partition coefficient (Wildman–Crippen LogP) is 3.33. The van der Waals surface area contributed by atoms with Gasteiger partial charge in [-0.05, 0) is 45.4 Å². The van der Waals surface area contributed by atoms with E-state index in [1.165, 1.54) is 6.42 Å². The zero-order valence-corrected chi connectivity index (χ0v) is 13.4. The van der Waals surface area contributed by atoms with Crippen LogP contribution in [0.2, 0.25) is 0 Å². The molecule has 3 heteroatoms. The second-order valence-electron chi connectivity index (χ2n) is 7.23. The highest BCUT2D eigenvalue weighted by molar-refractivity contribution is 5.14. The molecule has 0 bridgehead atoms. The molecule has 1 saturated heterocycles. The predicted molar refractivity (Wildman–Crippen MR) is 81.2 cm³/mol. The summed E-state index contributed by atoms with van der Waals surface area (Å²) in [6.45, 7) is 8.47. The van der Waals surface area contributed by atoms with Crippen LogP contribution in [0.5, 0.6) is 0 Å². The van der Waals surface area contributed by atoms with E-state index >= 15 is 0 Å². The molecule has 3 nitrogen and oxygen atoms in total. The molecule has 1 aliphatic carbocycles. The highest BCUT2D eigenvalue weighted by Crippen LogP contribution is 2.51. The molecule has 1 saturated carbocycles. The van der Waals surface area contributed by atoms with E-state index in [0.717, 1.165) is 51.6 Å². The number of hydrogen-bond donors (Lipinski definition) is 1. The maximum atomic E-state index is 11.2. The summed E-state index contributed by atoms with van der Waals surface area (Å²) in [5, 5.41) is 21.0. The summed E-state index contributed by atoms with van der Waals surface area (Å²) in [6, 6.07) is 3.10. The van der Waals surface area contributed by atoms with Crippen molar-refractivity contribution in [1.29, 1.82) is 5.26 Å². The Morgan fingerprint density at radius 2 is 1.95 bits per heavy atom. The van der Waals surface area contributed by atoms with Crippen molar-refractivity contribution in [2.45, 2.75) is 77.4 Å². The first kappa shape index (κ1) is 15.8. The van der Waals surface area contributed by atoms with Crippen molar-refractivity contribution < 1.29 is 5.11 Å². The molecule has 0 aromatic carbocycles. The van der Waals surface area contributed by atoms with Gasteiger partial charge in [0, 0.05) is 19.1 Å². The minimum atomic E-state index is -0.763. The zero-order chi connectivity index (χ0) is 14.8. The van der Waals surface area contributed by atoms with Crippen molar-refractivity contribution in [3.8, 4) is 6.07 Å². The maximum Gasteiger partial charge on any atom is 0.0863 e. The van der Waals surface area contributed by atoms with Crippen molar-refractivity contribution in [3.05, 3.63) is 0 Å². The highest BCUT2D eigenvalue weighted by atomic mass is 16.3. The second-order valence-corrected chi connectivity index (χ2v) is 7.23. The summed E-state index contributed by atoms with van der Waals surface area (Å²) >= 11 is 0. The standard InChI is InChI=1S/C17H30N2O/c1-4-15-6-5-7-16(12-15,13-18)17(20)8-10-19(11-9-17)14(2)3/h14-15,20H,4-12H2,1-3H3. The van der Waals surface area contributed by atoms with Crippen molar-refractivity contribution >= 4 is 0 Å². The lowest BCUT2D eigenvalue weighted by molar-refractivity contribution is -0.120. The van der Waals surface area contributed by atoms with Crippen molar-refractivity contribution in [2.24, 2.45) is 11.3 Å². The average molecular weight is 278 g/mol. The van der Waals surface area contributed by atoms with Gasteiger partial charge < -0.3 is 10.0 Å². The quantitative estimate of drug-likeness (QED) is 0.861. The molecule has 0 aromatic heterocycles. The molecule has 0 aromatic rings. The van der Waals surface area contributed by atoms with E-state index in [4.69, 9.17) is 0 Å². The lowest BCUT2D eigenvalue weighted by atomic mass is 9.58. The number of likely N-dealkylation sites (tertiary alicyclic amines) is 1. The molecule has 114 valence electrons. The normalized spacial score (nSPS) is 34.9. The molecule has 2 atom stereocenters. The lowest BCUT2D eigenvalue weighted by Crippen LogP contribution is -2.56. The molecular formula is C17H30N2O. The van der Waals surface area contributed by atoms with E-state index in [-0.39, 0.29) is 0 Å². The van der Waals surface area contributed by atoms with Crippen LogP contribution in [0.15, 0.2) is 0 Å². The van der Waals surface area contributed by atoms with Gasteiger partial charge in [-0.1, -0.05) is 26.2 Å². The molecule has 20 heavy (non-hydrogen) atoms. The van der Waals surface area contributed by atoms with Gasteiger partial charge in [0.05, 0.1) is 17.1 Å². The van der Waals surface area contributed by atoms with Gasteiger partial charge in [0.25, 0.3) is 0 Å². The molecule has 0 amide bonds. The largest absolute Gasteiger partial charge is 0.388 e. The Kier molecular flexibility index (Phi) is 4.76. The van der Waals surface area contributed by atoms with Crippen molar-refractivity contribution in [3.63, 3.8) is 0 Å². The Labute approximate surface area is 124 Å².